The molecule has 0 aromatic heterocycles. The summed E-state index contributed by atoms with van der Waals surface area (Å²) in [4.78, 5) is 28.8. The average Bonchev–Trinajstić information content (AvgIpc) is 2.90. The van der Waals surface area contributed by atoms with Gasteiger partial charge in [0.25, 0.3) is 10.0 Å². The van der Waals surface area contributed by atoms with Crippen molar-refractivity contribution in [1.82, 2.24) is 10.2 Å². The second-order valence-electron chi connectivity index (χ2n) is 10.1. The van der Waals surface area contributed by atoms with Gasteiger partial charge in [0.2, 0.25) is 11.8 Å². The van der Waals surface area contributed by atoms with Crippen molar-refractivity contribution in [2.45, 2.75) is 64.6 Å². The van der Waals surface area contributed by atoms with Crippen LogP contribution in [-0.4, -0.2) is 43.8 Å². The molecule has 2 amide bonds. The molecule has 0 bridgehead atoms. The predicted octanol–water partition coefficient (Wildman–Crippen LogP) is 6.79. The van der Waals surface area contributed by atoms with Crippen LogP contribution in [0.2, 0.25) is 15.1 Å². The molecule has 0 spiro atoms. The van der Waals surface area contributed by atoms with Crippen molar-refractivity contribution >= 4 is 62.3 Å². The van der Waals surface area contributed by atoms with Crippen LogP contribution in [0.25, 0.3) is 0 Å². The summed E-state index contributed by atoms with van der Waals surface area (Å²) >= 11 is 18.9. The molecule has 0 aliphatic rings. The van der Waals surface area contributed by atoms with Gasteiger partial charge in [0, 0.05) is 27.7 Å². The minimum atomic E-state index is -4.21. The molecule has 0 saturated heterocycles. The Morgan fingerprint density at radius 3 is 2.17 bits per heavy atom. The van der Waals surface area contributed by atoms with Crippen molar-refractivity contribution in [3.63, 3.8) is 0 Å². The van der Waals surface area contributed by atoms with E-state index in [-0.39, 0.29) is 35.5 Å². The summed E-state index contributed by atoms with van der Waals surface area (Å²) in [6.07, 6.45) is 0.288. The van der Waals surface area contributed by atoms with E-state index in [0.29, 0.717) is 26.2 Å². The highest BCUT2D eigenvalue weighted by molar-refractivity contribution is 7.92. The molecule has 0 fully saturated rings. The van der Waals surface area contributed by atoms with E-state index in [1.54, 1.807) is 62.4 Å². The van der Waals surface area contributed by atoms with Crippen molar-refractivity contribution in [3.05, 3.63) is 92.4 Å². The number of anilines is 1. The van der Waals surface area contributed by atoms with E-state index in [1.165, 1.54) is 17.0 Å². The molecule has 3 aromatic rings. The molecule has 3 rings (SSSR count). The van der Waals surface area contributed by atoms with Crippen LogP contribution in [0, 0.1) is 13.8 Å². The van der Waals surface area contributed by atoms with Crippen LogP contribution in [-0.2, 0) is 26.2 Å². The number of amides is 2. The molecule has 220 valence electrons. The summed E-state index contributed by atoms with van der Waals surface area (Å²) in [5.41, 5.74) is 2.20. The molecular formula is C30H34Cl3N3O4S. The fourth-order valence-corrected chi connectivity index (χ4v) is 6.46. The van der Waals surface area contributed by atoms with Crippen LogP contribution in [0.4, 0.5) is 5.69 Å². The van der Waals surface area contributed by atoms with Gasteiger partial charge in [-0.05, 0) is 81.6 Å². The third-order valence-electron chi connectivity index (χ3n) is 6.57. The van der Waals surface area contributed by atoms with Gasteiger partial charge in [-0.1, -0.05) is 71.6 Å². The van der Waals surface area contributed by atoms with Crippen LogP contribution in [0.5, 0.6) is 0 Å². The number of hydrogen-bond acceptors (Lipinski definition) is 4. The lowest BCUT2D eigenvalue weighted by Crippen LogP contribution is -2.53. The number of sulfonamides is 1. The summed E-state index contributed by atoms with van der Waals surface area (Å²) in [6.45, 7) is 8.37. The third-order valence-corrected chi connectivity index (χ3v) is 9.34. The van der Waals surface area contributed by atoms with Gasteiger partial charge in [0.1, 0.15) is 12.6 Å². The second-order valence-corrected chi connectivity index (χ2v) is 13.2. The quantitative estimate of drug-likeness (QED) is 0.251. The Hall–Kier alpha value is -2.78. The number of carbonyl (C=O) groups excluding carboxylic acids is 2. The van der Waals surface area contributed by atoms with Gasteiger partial charge < -0.3 is 10.2 Å². The molecular weight excluding hydrogens is 605 g/mol. The first-order valence-electron chi connectivity index (χ1n) is 13.1. The minimum absolute atomic E-state index is 0.0205. The number of hydrogen-bond donors (Lipinski definition) is 1. The molecule has 7 nitrogen and oxygen atoms in total. The zero-order valence-electron chi connectivity index (χ0n) is 23.6. The zero-order chi connectivity index (χ0) is 30.5. The lowest BCUT2D eigenvalue weighted by molar-refractivity contribution is -0.140. The first kappa shape index (κ1) is 32.7. The number of carbonyl (C=O) groups is 2. The van der Waals surface area contributed by atoms with Crippen LogP contribution in [0.15, 0.2) is 65.6 Å². The molecule has 1 unspecified atom stereocenters. The summed E-state index contributed by atoms with van der Waals surface area (Å²) < 4.78 is 29.1. The number of aryl methyl sites for hydroxylation is 1. The van der Waals surface area contributed by atoms with Crippen molar-refractivity contribution in [3.8, 4) is 0 Å². The fourth-order valence-electron chi connectivity index (χ4n) is 4.35. The highest BCUT2D eigenvalue weighted by atomic mass is 35.5. The van der Waals surface area contributed by atoms with Gasteiger partial charge in [-0.2, -0.15) is 0 Å². The lowest BCUT2D eigenvalue weighted by Gasteiger charge is -2.34. The van der Waals surface area contributed by atoms with E-state index in [0.717, 1.165) is 9.87 Å². The van der Waals surface area contributed by atoms with E-state index in [4.69, 9.17) is 34.8 Å². The predicted molar refractivity (Wildman–Crippen MR) is 166 cm³/mol. The van der Waals surface area contributed by atoms with Gasteiger partial charge in [-0.15, -0.1) is 0 Å². The van der Waals surface area contributed by atoms with Crippen molar-refractivity contribution in [2.75, 3.05) is 10.8 Å². The minimum Gasteiger partial charge on any atom is -0.352 e. The van der Waals surface area contributed by atoms with Gasteiger partial charge in [-0.3, -0.25) is 13.9 Å². The van der Waals surface area contributed by atoms with Crippen LogP contribution in [0.3, 0.4) is 0 Å². The second kappa shape index (κ2) is 13.9. The van der Waals surface area contributed by atoms with Gasteiger partial charge in [0.05, 0.1) is 10.6 Å². The van der Waals surface area contributed by atoms with E-state index >= 15 is 0 Å². The molecule has 1 atom stereocenters. The average molecular weight is 639 g/mol. The van der Waals surface area contributed by atoms with Crippen molar-refractivity contribution in [1.29, 1.82) is 0 Å². The fraction of sp³-hybridized carbons (Fsp3) is 0.333. The monoisotopic (exact) mass is 637 g/mol. The standard InChI is InChI=1S/C30H34Cl3N3O4S/c1-6-27(30(38)34-19(2)3)35(17-22-12-13-23(31)16-26(22)33)29(37)18-36(28-9-7-8-25(32)21(28)5)41(39,40)24-14-10-20(4)11-15-24/h7-16,19,27H,6,17-18H2,1-5H3,(H,34,38). The lowest BCUT2D eigenvalue weighted by atomic mass is 10.1. The van der Waals surface area contributed by atoms with Crippen molar-refractivity contribution in [2.24, 2.45) is 0 Å². The van der Waals surface area contributed by atoms with Gasteiger partial charge in [-0.25, -0.2) is 8.42 Å². The normalized spacial score (nSPS) is 12.2. The molecule has 41 heavy (non-hydrogen) atoms. The highest BCUT2D eigenvalue weighted by Gasteiger charge is 2.34. The SMILES string of the molecule is CCC(C(=O)NC(C)C)N(Cc1ccc(Cl)cc1Cl)C(=O)CN(c1cccc(Cl)c1C)S(=O)(=O)c1ccc(C)cc1. The molecule has 11 heteroatoms. The first-order valence-corrected chi connectivity index (χ1v) is 15.7. The highest BCUT2D eigenvalue weighted by Crippen LogP contribution is 2.32. The Morgan fingerprint density at radius 2 is 1.59 bits per heavy atom. The molecule has 3 aromatic carbocycles. The Balaban J connectivity index is 2.13. The van der Waals surface area contributed by atoms with Gasteiger partial charge in [0.15, 0.2) is 0 Å². The summed E-state index contributed by atoms with van der Waals surface area (Å²) in [5, 5.41) is 3.97. The van der Waals surface area contributed by atoms with Crippen molar-refractivity contribution < 1.29 is 18.0 Å². The van der Waals surface area contributed by atoms with E-state index in [9.17, 15) is 18.0 Å². The topological polar surface area (TPSA) is 86.8 Å². The molecule has 1 N–H and O–H groups in total. The van der Waals surface area contributed by atoms with E-state index in [2.05, 4.69) is 5.32 Å². The number of nitrogens with one attached hydrogen (secondary N) is 1. The Labute approximate surface area is 257 Å². The molecule has 0 aliphatic carbocycles. The summed E-state index contributed by atoms with van der Waals surface area (Å²) in [5.74, 6) is -0.940. The van der Waals surface area contributed by atoms with Crippen LogP contribution >= 0.6 is 34.8 Å². The molecule has 0 radical (unpaired) electrons. The van der Waals surface area contributed by atoms with Crippen LogP contribution in [0.1, 0.15) is 43.9 Å². The number of halogens is 3. The molecule has 0 saturated carbocycles. The molecule has 0 heterocycles. The largest absolute Gasteiger partial charge is 0.352 e. The Kier molecular flexibility index (Phi) is 11.1. The summed E-state index contributed by atoms with van der Waals surface area (Å²) in [7, 11) is -4.21. The van der Waals surface area contributed by atoms with Crippen LogP contribution < -0.4 is 9.62 Å². The number of rotatable bonds is 11. The zero-order valence-corrected chi connectivity index (χ0v) is 26.7. The van der Waals surface area contributed by atoms with E-state index in [1.807, 2.05) is 20.8 Å². The maximum atomic E-state index is 14.2. The maximum Gasteiger partial charge on any atom is 0.264 e. The maximum absolute atomic E-state index is 14.2. The third kappa shape index (κ3) is 7.95. The number of benzene rings is 3. The molecule has 0 aliphatic heterocycles. The van der Waals surface area contributed by atoms with Gasteiger partial charge >= 0.3 is 0 Å². The van der Waals surface area contributed by atoms with E-state index < -0.39 is 28.5 Å². The Morgan fingerprint density at radius 1 is 0.927 bits per heavy atom. The Bertz CT molecular complexity index is 1510. The number of nitrogens with zero attached hydrogens (tertiary/aromatic N) is 2. The smallest absolute Gasteiger partial charge is 0.264 e. The first-order chi connectivity index (χ1) is 19.3. The summed E-state index contributed by atoms with van der Waals surface area (Å²) in [6, 6.07) is 15.1.